The zero-order valence-corrected chi connectivity index (χ0v) is 14.3. The molecule has 1 aromatic rings. The molecule has 1 N–H and O–H groups in total. The summed E-state index contributed by atoms with van der Waals surface area (Å²) in [4.78, 5) is 19.1. The van der Waals surface area contributed by atoms with Crippen molar-refractivity contribution in [3.8, 4) is 0 Å². The quantitative estimate of drug-likeness (QED) is 0.845. The molecule has 1 aromatic heterocycles. The minimum atomic E-state index is -0.940. The van der Waals surface area contributed by atoms with Crippen LogP contribution in [0.15, 0.2) is 5.38 Å². The van der Waals surface area contributed by atoms with Crippen molar-refractivity contribution in [3.63, 3.8) is 0 Å². The summed E-state index contributed by atoms with van der Waals surface area (Å²) in [6, 6.07) is 0. The molecule has 0 radical (unpaired) electrons. The van der Waals surface area contributed by atoms with Crippen molar-refractivity contribution in [2.24, 2.45) is 5.41 Å². The number of amides is 1. The molecule has 1 unspecified atom stereocenters. The maximum atomic E-state index is 12.2. The first-order valence-electron chi connectivity index (χ1n) is 7.27. The largest absolute Gasteiger partial charge is 0.301 e. The number of alkyl halides is 2. The van der Waals surface area contributed by atoms with E-state index in [0.29, 0.717) is 11.6 Å². The highest BCUT2D eigenvalue weighted by molar-refractivity contribution is 7.13. The summed E-state index contributed by atoms with van der Waals surface area (Å²) in [5.74, 6) is -0.147. The Bertz CT molecular complexity index is 542. The van der Waals surface area contributed by atoms with Crippen molar-refractivity contribution >= 4 is 45.6 Å². The van der Waals surface area contributed by atoms with Crippen LogP contribution >= 0.6 is 34.5 Å². The van der Waals surface area contributed by atoms with Crippen LogP contribution in [0.25, 0.3) is 0 Å². The molecule has 116 valence electrons. The van der Waals surface area contributed by atoms with E-state index < -0.39 is 9.75 Å². The lowest BCUT2D eigenvalue weighted by molar-refractivity contribution is -0.120. The number of hydrogen-bond acceptors (Lipinski definition) is 4. The van der Waals surface area contributed by atoms with Crippen molar-refractivity contribution in [2.45, 2.75) is 43.5 Å². The van der Waals surface area contributed by atoms with Gasteiger partial charge in [-0.15, -0.1) is 34.5 Å². The first-order valence-corrected chi connectivity index (χ1v) is 8.90. The number of likely N-dealkylation sites (tertiary alicyclic amines) is 1. The fraction of sp³-hybridized carbons (Fsp3) is 0.714. The fourth-order valence-electron chi connectivity index (χ4n) is 2.66. The van der Waals surface area contributed by atoms with Crippen molar-refractivity contribution in [3.05, 3.63) is 11.1 Å². The van der Waals surface area contributed by atoms with Gasteiger partial charge in [0, 0.05) is 11.9 Å². The van der Waals surface area contributed by atoms with E-state index in [1.165, 1.54) is 30.6 Å². The molecular weight excluding hydrogens is 329 g/mol. The molecule has 1 atom stereocenters. The molecule has 0 bridgehead atoms. The maximum Gasteiger partial charge on any atom is 0.235 e. The summed E-state index contributed by atoms with van der Waals surface area (Å²) in [6.07, 6.45) is 4.34. The molecule has 4 nitrogen and oxygen atoms in total. The van der Waals surface area contributed by atoms with Crippen LogP contribution in [-0.4, -0.2) is 33.2 Å². The number of aromatic nitrogens is 1. The van der Waals surface area contributed by atoms with Crippen molar-refractivity contribution < 1.29 is 4.79 Å². The number of rotatable bonds is 4. The molecule has 3 rings (SSSR count). The molecule has 2 aliphatic rings. The predicted molar refractivity (Wildman–Crippen MR) is 87.0 cm³/mol. The monoisotopic (exact) mass is 347 g/mol. The van der Waals surface area contributed by atoms with E-state index in [1.807, 2.05) is 5.38 Å². The third-order valence-electron chi connectivity index (χ3n) is 4.37. The van der Waals surface area contributed by atoms with Gasteiger partial charge < -0.3 is 5.32 Å². The van der Waals surface area contributed by atoms with Crippen LogP contribution < -0.4 is 5.32 Å². The van der Waals surface area contributed by atoms with E-state index in [1.54, 1.807) is 6.92 Å². The van der Waals surface area contributed by atoms with Crippen molar-refractivity contribution in [1.29, 1.82) is 0 Å². The van der Waals surface area contributed by atoms with E-state index >= 15 is 0 Å². The third-order valence-corrected chi connectivity index (χ3v) is 6.27. The topological polar surface area (TPSA) is 45.2 Å². The van der Waals surface area contributed by atoms with Gasteiger partial charge in [0.25, 0.3) is 0 Å². The number of hydrogen-bond donors (Lipinski definition) is 1. The zero-order valence-electron chi connectivity index (χ0n) is 12.0. The molecule has 2 fully saturated rings. The molecule has 0 aromatic carbocycles. The lowest BCUT2D eigenvalue weighted by Crippen LogP contribution is -2.29. The van der Waals surface area contributed by atoms with Crippen LogP contribution in [-0.2, 0) is 11.3 Å². The van der Waals surface area contributed by atoms with Gasteiger partial charge in [-0.3, -0.25) is 9.69 Å². The lowest BCUT2D eigenvalue weighted by atomic mass is 10.1. The molecule has 21 heavy (non-hydrogen) atoms. The molecule has 1 amide bonds. The second-order valence-corrected chi connectivity index (χ2v) is 8.49. The van der Waals surface area contributed by atoms with Gasteiger partial charge in [-0.05, 0) is 39.3 Å². The van der Waals surface area contributed by atoms with Gasteiger partial charge in [-0.2, -0.15) is 0 Å². The minimum absolute atomic E-state index is 0.147. The molecule has 1 saturated heterocycles. The van der Waals surface area contributed by atoms with Crippen LogP contribution in [0.2, 0.25) is 0 Å². The number of carbonyl (C=O) groups excluding carboxylic acids is 1. The number of nitrogens with one attached hydrogen (secondary N) is 1. The summed E-state index contributed by atoms with van der Waals surface area (Å²) in [5.41, 5.74) is 0.315. The molecular formula is C14H19Cl2N3OS. The Morgan fingerprint density at radius 1 is 1.43 bits per heavy atom. The Kier molecular flexibility index (Phi) is 4.21. The second kappa shape index (κ2) is 5.69. The third kappa shape index (κ3) is 3.21. The minimum Gasteiger partial charge on any atom is -0.301 e. The predicted octanol–water partition coefficient (Wildman–Crippen LogP) is 3.65. The summed E-state index contributed by atoms with van der Waals surface area (Å²) < 4.78 is -0.940. The maximum absolute atomic E-state index is 12.2. The molecule has 2 heterocycles. The Labute approximate surface area is 138 Å². The lowest BCUT2D eigenvalue weighted by Gasteiger charge is -2.25. The van der Waals surface area contributed by atoms with E-state index in [-0.39, 0.29) is 5.91 Å². The number of nitrogens with zero attached hydrogens (tertiary/aromatic N) is 2. The molecule has 1 aliphatic carbocycles. The summed E-state index contributed by atoms with van der Waals surface area (Å²) in [5, 5.41) is 5.48. The van der Waals surface area contributed by atoms with E-state index in [2.05, 4.69) is 15.2 Å². The standard InChI is InChI=1S/C14H19Cl2N3OS/c1-13(9-14(13,15)16)11(20)18-12-17-10(8-21-12)7-19-5-3-2-4-6-19/h8H,2-7,9H2,1H3,(H,17,18,20). The van der Waals surface area contributed by atoms with Crippen molar-refractivity contribution in [1.82, 2.24) is 9.88 Å². The van der Waals surface area contributed by atoms with Gasteiger partial charge in [-0.1, -0.05) is 6.42 Å². The van der Waals surface area contributed by atoms with Crippen LogP contribution in [0.3, 0.4) is 0 Å². The summed E-state index contributed by atoms with van der Waals surface area (Å²) in [6.45, 7) is 4.92. The van der Waals surface area contributed by atoms with Gasteiger partial charge in [0.15, 0.2) is 5.13 Å². The SMILES string of the molecule is CC1(C(=O)Nc2nc(CN3CCCCC3)cs2)CC1(Cl)Cl. The Hall–Kier alpha value is -0.360. The van der Waals surface area contributed by atoms with E-state index in [4.69, 9.17) is 23.2 Å². The number of halogens is 2. The van der Waals surface area contributed by atoms with Gasteiger partial charge in [-0.25, -0.2) is 4.98 Å². The van der Waals surface area contributed by atoms with Gasteiger partial charge >= 0.3 is 0 Å². The van der Waals surface area contributed by atoms with Crippen LogP contribution in [0.5, 0.6) is 0 Å². The van der Waals surface area contributed by atoms with Crippen molar-refractivity contribution in [2.75, 3.05) is 18.4 Å². The van der Waals surface area contributed by atoms with Crippen LogP contribution in [0, 0.1) is 5.41 Å². The summed E-state index contributed by atoms with van der Waals surface area (Å²) >= 11 is 13.5. The van der Waals surface area contributed by atoms with E-state index in [0.717, 1.165) is 25.3 Å². The fourth-order valence-corrected chi connectivity index (χ4v) is 4.07. The normalized spacial score (nSPS) is 28.3. The molecule has 0 spiro atoms. The first kappa shape index (κ1) is 15.5. The van der Waals surface area contributed by atoms with Crippen LogP contribution in [0.4, 0.5) is 5.13 Å². The molecule has 1 saturated carbocycles. The highest BCUT2D eigenvalue weighted by Crippen LogP contribution is 2.64. The second-order valence-electron chi connectivity index (χ2n) is 6.15. The molecule has 1 aliphatic heterocycles. The highest BCUT2D eigenvalue weighted by Gasteiger charge is 2.68. The number of piperidine rings is 1. The summed E-state index contributed by atoms with van der Waals surface area (Å²) in [7, 11) is 0. The average molecular weight is 348 g/mol. The number of anilines is 1. The highest BCUT2D eigenvalue weighted by atomic mass is 35.5. The van der Waals surface area contributed by atoms with Crippen LogP contribution in [0.1, 0.15) is 38.3 Å². The number of thiazole rings is 1. The zero-order chi connectivity index (χ0) is 15.1. The number of carbonyl (C=O) groups is 1. The first-order chi connectivity index (χ1) is 9.91. The van der Waals surface area contributed by atoms with Gasteiger partial charge in [0.1, 0.15) is 4.33 Å². The Morgan fingerprint density at radius 3 is 2.71 bits per heavy atom. The van der Waals surface area contributed by atoms with Gasteiger partial charge in [0.05, 0.1) is 11.1 Å². The molecule has 7 heteroatoms. The van der Waals surface area contributed by atoms with E-state index in [9.17, 15) is 4.79 Å². The Balaban J connectivity index is 1.57. The van der Waals surface area contributed by atoms with Gasteiger partial charge in [0.2, 0.25) is 5.91 Å². The average Bonchev–Trinajstić information content (AvgIpc) is 2.77. The Morgan fingerprint density at radius 2 is 2.10 bits per heavy atom. The smallest absolute Gasteiger partial charge is 0.235 e.